The highest BCUT2D eigenvalue weighted by Gasteiger charge is 2.34. The summed E-state index contributed by atoms with van der Waals surface area (Å²) in [4.78, 5) is 11.1. The van der Waals surface area contributed by atoms with Gasteiger partial charge in [-0.2, -0.15) is 0 Å². The molecule has 2 fully saturated rings. The molecular weight excluding hydrogens is 284 g/mol. The van der Waals surface area contributed by atoms with Crippen molar-refractivity contribution in [3.05, 3.63) is 23.8 Å². The number of rotatable bonds is 7. The molecule has 1 aromatic carbocycles. The van der Waals surface area contributed by atoms with Gasteiger partial charge in [-0.3, -0.25) is 4.79 Å². The van der Waals surface area contributed by atoms with Crippen molar-refractivity contribution in [3.63, 3.8) is 0 Å². The molecule has 2 aliphatic rings. The predicted octanol–water partition coefficient (Wildman–Crippen LogP) is 2.83. The van der Waals surface area contributed by atoms with E-state index in [-0.39, 0.29) is 18.4 Å². The number of carboxylic acids is 1. The summed E-state index contributed by atoms with van der Waals surface area (Å²) in [7, 11) is 1.61. The van der Waals surface area contributed by atoms with Gasteiger partial charge in [0.2, 0.25) is 0 Å². The molecule has 5 heteroatoms. The van der Waals surface area contributed by atoms with E-state index in [4.69, 9.17) is 19.3 Å². The molecule has 0 bridgehead atoms. The van der Waals surface area contributed by atoms with Crippen molar-refractivity contribution in [2.75, 3.05) is 20.3 Å². The number of hydrogen-bond acceptors (Lipinski definition) is 4. The predicted molar refractivity (Wildman–Crippen MR) is 80.6 cm³/mol. The van der Waals surface area contributed by atoms with Crippen molar-refractivity contribution < 1.29 is 24.1 Å². The Morgan fingerprint density at radius 1 is 1.36 bits per heavy atom. The highest BCUT2D eigenvalue weighted by atomic mass is 16.6. The highest BCUT2D eigenvalue weighted by Crippen LogP contribution is 2.46. The fraction of sp³-hybridized carbons (Fsp3) is 0.588. The van der Waals surface area contributed by atoms with Gasteiger partial charge in [-0.25, -0.2) is 0 Å². The number of benzene rings is 1. The molecule has 1 N–H and O–H groups in total. The zero-order valence-corrected chi connectivity index (χ0v) is 12.8. The summed E-state index contributed by atoms with van der Waals surface area (Å²) < 4.78 is 16.7. The van der Waals surface area contributed by atoms with Crippen molar-refractivity contribution in [3.8, 4) is 11.5 Å². The topological polar surface area (TPSA) is 65.0 Å². The molecule has 5 nitrogen and oxygen atoms in total. The summed E-state index contributed by atoms with van der Waals surface area (Å²) in [6, 6.07) is 5.79. The summed E-state index contributed by atoms with van der Waals surface area (Å²) in [6.07, 6.45) is 3.34. The minimum atomic E-state index is -0.751. The van der Waals surface area contributed by atoms with Gasteiger partial charge in [0, 0.05) is 6.42 Å². The Morgan fingerprint density at radius 3 is 2.77 bits per heavy atom. The van der Waals surface area contributed by atoms with Gasteiger partial charge < -0.3 is 19.3 Å². The average molecular weight is 306 g/mol. The van der Waals surface area contributed by atoms with E-state index in [1.54, 1.807) is 7.11 Å². The molecule has 0 amide bonds. The van der Waals surface area contributed by atoms with Gasteiger partial charge in [0.1, 0.15) is 6.10 Å². The van der Waals surface area contributed by atoms with E-state index in [1.165, 1.54) is 0 Å². The third kappa shape index (κ3) is 3.53. The normalized spacial score (nSPS) is 22.3. The van der Waals surface area contributed by atoms with Gasteiger partial charge in [-0.1, -0.05) is 6.07 Å². The van der Waals surface area contributed by atoms with Crippen LogP contribution in [-0.2, 0) is 9.53 Å². The number of hydrogen-bond donors (Lipinski definition) is 1. The fourth-order valence-electron chi connectivity index (χ4n) is 3.04. The van der Waals surface area contributed by atoms with Crippen LogP contribution >= 0.6 is 0 Å². The van der Waals surface area contributed by atoms with Crippen molar-refractivity contribution in [2.24, 2.45) is 5.92 Å². The van der Waals surface area contributed by atoms with Crippen molar-refractivity contribution in [1.82, 2.24) is 0 Å². The SMILES string of the molecule is COc1cc(C(CC(=O)O)C2CC2)ccc1OC1CCOC1. The minimum absolute atomic E-state index is 0.0651. The van der Waals surface area contributed by atoms with Crippen LogP contribution in [0.25, 0.3) is 0 Å². The fourth-order valence-corrected chi connectivity index (χ4v) is 3.04. The second kappa shape index (κ2) is 6.57. The Hall–Kier alpha value is -1.75. The van der Waals surface area contributed by atoms with Gasteiger partial charge in [-0.05, 0) is 42.4 Å². The summed E-state index contributed by atoms with van der Waals surface area (Å²) in [5.41, 5.74) is 1.02. The smallest absolute Gasteiger partial charge is 0.303 e. The van der Waals surface area contributed by atoms with Crippen LogP contribution in [0, 0.1) is 5.92 Å². The lowest BCUT2D eigenvalue weighted by Gasteiger charge is -2.19. The van der Waals surface area contributed by atoms with Crippen LogP contribution in [0.4, 0.5) is 0 Å². The lowest BCUT2D eigenvalue weighted by Crippen LogP contribution is -2.16. The average Bonchev–Trinajstić information content (AvgIpc) is 3.22. The number of ether oxygens (including phenoxy) is 3. The Balaban J connectivity index is 1.78. The molecule has 0 spiro atoms. The molecule has 0 radical (unpaired) electrons. The van der Waals surface area contributed by atoms with Gasteiger partial charge in [0.05, 0.1) is 26.7 Å². The van der Waals surface area contributed by atoms with E-state index in [1.807, 2.05) is 18.2 Å². The van der Waals surface area contributed by atoms with Gasteiger partial charge in [0.25, 0.3) is 0 Å². The summed E-state index contributed by atoms with van der Waals surface area (Å²) in [5, 5.41) is 9.12. The molecule has 0 aromatic heterocycles. The molecule has 1 saturated carbocycles. The molecule has 1 aromatic rings. The maximum absolute atomic E-state index is 11.1. The first-order valence-electron chi connectivity index (χ1n) is 7.81. The second-order valence-corrected chi connectivity index (χ2v) is 6.06. The van der Waals surface area contributed by atoms with Crippen LogP contribution in [0.5, 0.6) is 11.5 Å². The maximum Gasteiger partial charge on any atom is 0.303 e. The molecule has 3 rings (SSSR count). The van der Waals surface area contributed by atoms with Crippen LogP contribution in [0.2, 0.25) is 0 Å². The van der Waals surface area contributed by atoms with Crippen LogP contribution in [0.3, 0.4) is 0 Å². The highest BCUT2D eigenvalue weighted by molar-refractivity contribution is 5.68. The summed E-state index contributed by atoms with van der Waals surface area (Å²) in [6.45, 7) is 1.34. The first-order chi connectivity index (χ1) is 10.7. The lowest BCUT2D eigenvalue weighted by atomic mass is 9.91. The standard InChI is InChI=1S/C17H22O5/c1-20-16-8-12(14(9-17(18)19)11-2-3-11)4-5-15(16)22-13-6-7-21-10-13/h4-5,8,11,13-14H,2-3,6-7,9-10H2,1H3,(H,18,19). The third-order valence-corrected chi connectivity index (χ3v) is 4.38. The molecule has 120 valence electrons. The molecule has 1 heterocycles. The lowest BCUT2D eigenvalue weighted by molar-refractivity contribution is -0.137. The van der Waals surface area contributed by atoms with Crippen LogP contribution in [0.1, 0.15) is 37.2 Å². The Labute approximate surface area is 130 Å². The van der Waals surface area contributed by atoms with Gasteiger partial charge in [0.15, 0.2) is 11.5 Å². The molecule has 1 aliphatic heterocycles. The molecule has 2 unspecified atom stereocenters. The number of methoxy groups -OCH3 is 1. The van der Waals surface area contributed by atoms with E-state index >= 15 is 0 Å². The van der Waals surface area contributed by atoms with Gasteiger partial charge in [-0.15, -0.1) is 0 Å². The monoisotopic (exact) mass is 306 g/mol. The van der Waals surface area contributed by atoms with Crippen LogP contribution in [-0.4, -0.2) is 37.5 Å². The Kier molecular flexibility index (Phi) is 4.52. The van der Waals surface area contributed by atoms with Gasteiger partial charge >= 0.3 is 5.97 Å². The first kappa shape index (κ1) is 15.2. The zero-order chi connectivity index (χ0) is 15.5. The summed E-state index contributed by atoms with van der Waals surface area (Å²) >= 11 is 0. The van der Waals surface area contributed by atoms with E-state index < -0.39 is 5.97 Å². The summed E-state index contributed by atoms with van der Waals surface area (Å²) in [5.74, 6) is 1.16. The van der Waals surface area contributed by atoms with Crippen LogP contribution < -0.4 is 9.47 Å². The molecular formula is C17H22O5. The molecule has 1 aliphatic carbocycles. The third-order valence-electron chi connectivity index (χ3n) is 4.38. The minimum Gasteiger partial charge on any atom is -0.493 e. The molecule has 1 saturated heterocycles. The molecule has 2 atom stereocenters. The van der Waals surface area contributed by atoms with Crippen molar-refractivity contribution in [2.45, 2.75) is 37.7 Å². The maximum atomic E-state index is 11.1. The van der Waals surface area contributed by atoms with E-state index in [9.17, 15) is 4.79 Å². The number of carbonyl (C=O) groups is 1. The van der Waals surface area contributed by atoms with E-state index in [0.717, 1.165) is 31.4 Å². The van der Waals surface area contributed by atoms with Crippen molar-refractivity contribution >= 4 is 5.97 Å². The van der Waals surface area contributed by atoms with Crippen LogP contribution in [0.15, 0.2) is 18.2 Å². The Bertz CT molecular complexity index is 532. The van der Waals surface area contributed by atoms with E-state index in [0.29, 0.717) is 24.0 Å². The van der Waals surface area contributed by atoms with E-state index in [2.05, 4.69) is 0 Å². The largest absolute Gasteiger partial charge is 0.493 e. The van der Waals surface area contributed by atoms with Crippen molar-refractivity contribution in [1.29, 1.82) is 0 Å². The first-order valence-corrected chi connectivity index (χ1v) is 7.81. The number of carboxylic acid groups (broad SMARTS) is 1. The second-order valence-electron chi connectivity index (χ2n) is 6.06. The molecule has 22 heavy (non-hydrogen) atoms. The Morgan fingerprint density at radius 2 is 2.18 bits per heavy atom. The number of aliphatic carboxylic acids is 1. The zero-order valence-electron chi connectivity index (χ0n) is 12.8. The quantitative estimate of drug-likeness (QED) is 0.839.